The number of esters is 1. The molecule has 10 nitrogen and oxygen atoms in total. The normalized spacial score (nSPS) is 12.5. The van der Waals surface area contributed by atoms with E-state index in [0.717, 1.165) is 25.7 Å². The molecule has 0 fully saturated rings. The van der Waals surface area contributed by atoms with E-state index in [2.05, 4.69) is 29.1 Å². The molecule has 0 radical (unpaired) electrons. The number of amides is 1. The van der Waals surface area contributed by atoms with E-state index >= 15 is 0 Å². The Bertz CT molecular complexity index is 753. The first kappa shape index (κ1) is 35.0. The predicted octanol–water partition coefficient (Wildman–Crippen LogP) is 4.43. The van der Waals surface area contributed by atoms with Crippen LogP contribution in [0.15, 0.2) is 12.2 Å². The number of carbonyl (C=O) groups excluding carboxylic acids is 2. The molecule has 1 amide bonds. The van der Waals surface area contributed by atoms with Crippen LogP contribution in [-0.4, -0.2) is 67.5 Å². The highest BCUT2D eigenvalue weighted by Crippen LogP contribution is 2.10. The highest BCUT2D eigenvalue weighted by molar-refractivity contribution is 7.87. The van der Waals surface area contributed by atoms with Gasteiger partial charge < -0.3 is 19.9 Å². The number of aliphatic carboxylic acids is 1. The molecular formula is C26H47NO9S. The summed E-state index contributed by atoms with van der Waals surface area (Å²) in [5, 5.41) is 9.18. The number of allylic oxidation sites excluding steroid dienone is 2. The number of carboxylic acid groups (broad SMARTS) is 1. The zero-order valence-electron chi connectivity index (χ0n) is 22.3. The fourth-order valence-electron chi connectivity index (χ4n) is 3.57. The molecule has 0 rings (SSSR count). The molecule has 0 saturated carbocycles. The molecule has 0 aromatic carbocycles. The van der Waals surface area contributed by atoms with Gasteiger partial charge in [-0.05, 0) is 32.1 Å². The van der Waals surface area contributed by atoms with Crippen LogP contribution < -0.4 is 5.32 Å². The molecule has 3 N–H and O–H groups in total. The first-order valence-corrected chi connectivity index (χ1v) is 15.0. The van der Waals surface area contributed by atoms with E-state index in [1.54, 1.807) is 0 Å². The Morgan fingerprint density at radius 2 is 1.41 bits per heavy atom. The molecule has 0 aliphatic carbocycles. The molecular weight excluding hydrogens is 502 g/mol. The van der Waals surface area contributed by atoms with Gasteiger partial charge in [0.05, 0.1) is 19.6 Å². The van der Waals surface area contributed by atoms with E-state index < -0.39 is 33.7 Å². The van der Waals surface area contributed by atoms with E-state index in [0.29, 0.717) is 6.42 Å². The molecule has 0 bridgehead atoms. The summed E-state index contributed by atoms with van der Waals surface area (Å²) in [6.07, 6.45) is 19.6. The molecule has 0 aliphatic heterocycles. The van der Waals surface area contributed by atoms with Gasteiger partial charge in [0, 0.05) is 13.0 Å². The average molecular weight is 550 g/mol. The van der Waals surface area contributed by atoms with Crippen molar-refractivity contribution in [2.45, 2.75) is 108 Å². The summed E-state index contributed by atoms with van der Waals surface area (Å²) in [4.78, 5) is 34.1. The lowest BCUT2D eigenvalue weighted by Gasteiger charge is -2.11. The van der Waals surface area contributed by atoms with Crippen molar-refractivity contribution in [3.63, 3.8) is 0 Å². The molecule has 0 saturated heterocycles. The van der Waals surface area contributed by atoms with Crippen LogP contribution in [0.5, 0.6) is 0 Å². The van der Waals surface area contributed by atoms with E-state index in [1.807, 2.05) is 0 Å². The predicted molar refractivity (Wildman–Crippen MR) is 142 cm³/mol. The first-order valence-electron chi connectivity index (χ1n) is 13.5. The van der Waals surface area contributed by atoms with Gasteiger partial charge in [-0.1, -0.05) is 70.4 Å². The van der Waals surface area contributed by atoms with Crippen LogP contribution in [0.3, 0.4) is 0 Å². The van der Waals surface area contributed by atoms with Gasteiger partial charge in [-0.3, -0.25) is 18.9 Å². The number of nitrogens with one attached hydrogen (secondary N) is 1. The maximum absolute atomic E-state index is 11.8. The standard InChI is InChI=1S/C26H47NO9S/c1-2-3-4-5-6-7-8-9-10-11-12-13-14-15-16-17-24(28)27-18-19-35-20-21-36-26(31)23(22-25(29)30)37(32,33)34/h9-10,23H,2-8,11-22H2,1H3,(H,27,28)(H,29,30)(H,32,33,34)/b10-9-. The van der Waals surface area contributed by atoms with Crippen LogP contribution in [0.4, 0.5) is 0 Å². The second-order valence-corrected chi connectivity index (χ2v) is 10.7. The molecule has 37 heavy (non-hydrogen) atoms. The maximum atomic E-state index is 11.8. The van der Waals surface area contributed by atoms with Gasteiger partial charge in [0.15, 0.2) is 5.25 Å². The fraction of sp³-hybridized carbons (Fsp3) is 0.808. The van der Waals surface area contributed by atoms with Crippen LogP contribution in [0.2, 0.25) is 0 Å². The number of carbonyl (C=O) groups is 3. The third kappa shape index (κ3) is 22.9. The first-order chi connectivity index (χ1) is 17.7. The Balaban J connectivity index is 3.56. The number of unbranched alkanes of at least 4 members (excludes halogenated alkanes) is 11. The number of hydrogen-bond donors (Lipinski definition) is 3. The quantitative estimate of drug-likeness (QED) is 0.0648. The van der Waals surface area contributed by atoms with E-state index in [4.69, 9.17) is 14.4 Å². The van der Waals surface area contributed by atoms with Crippen molar-refractivity contribution in [2.24, 2.45) is 0 Å². The van der Waals surface area contributed by atoms with Gasteiger partial charge >= 0.3 is 11.9 Å². The Morgan fingerprint density at radius 1 is 0.838 bits per heavy atom. The SMILES string of the molecule is CCCCCCCC/C=C\CCCCCCCC(=O)NCCOCCOC(=O)C(CC(=O)O)S(=O)(=O)O. The fourth-order valence-corrected chi connectivity index (χ4v) is 4.24. The zero-order valence-corrected chi connectivity index (χ0v) is 23.1. The van der Waals surface area contributed by atoms with Crippen molar-refractivity contribution in [1.29, 1.82) is 0 Å². The van der Waals surface area contributed by atoms with E-state index in [1.165, 1.54) is 57.8 Å². The molecule has 1 atom stereocenters. The monoisotopic (exact) mass is 549 g/mol. The van der Waals surface area contributed by atoms with Crippen LogP contribution in [0.25, 0.3) is 0 Å². The summed E-state index contributed by atoms with van der Waals surface area (Å²) in [5.74, 6) is -2.98. The van der Waals surface area contributed by atoms with Crippen LogP contribution in [0, 0.1) is 0 Å². The summed E-state index contributed by atoms with van der Waals surface area (Å²) in [6.45, 7) is 2.31. The molecule has 11 heteroatoms. The highest BCUT2D eigenvalue weighted by atomic mass is 32.2. The molecule has 216 valence electrons. The van der Waals surface area contributed by atoms with E-state index in [9.17, 15) is 22.8 Å². The Hall–Kier alpha value is -1.98. The van der Waals surface area contributed by atoms with Crippen molar-refractivity contribution >= 4 is 28.0 Å². The van der Waals surface area contributed by atoms with Crippen LogP contribution in [-0.2, 0) is 34.0 Å². The minimum Gasteiger partial charge on any atom is -0.481 e. The molecule has 0 heterocycles. The summed E-state index contributed by atoms with van der Waals surface area (Å²) < 4.78 is 40.9. The lowest BCUT2D eigenvalue weighted by atomic mass is 10.1. The third-order valence-corrected chi connectivity index (χ3v) is 6.77. The largest absolute Gasteiger partial charge is 0.481 e. The molecule has 0 spiro atoms. The molecule has 0 aromatic rings. The van der Waals surface area contributed by atoms with Crippen LogP contribution >= 0.6 is 0 Å². The second kappa shape index (κ2) is 23.2. The second-order valence-electron chi connectivity index (χ2n) is 9.07. The number of hydrogen-bond acceptors (Lipinski definition) is 7. The molecule has 0 aromatic heterocycles. The van der Waals surface area contributed by atoms with Crippen molar-refractivity contribution in [2.75, 3.05) is 26.4 Å². The van der Waals surface area contributed by atoms with Crippen LogP contribution in [0.1, 0.15) is 103 Å². The summed E-state index contributed by atoms with van der Waals surface area (Å²) >= 11 is 0. The number of carboxylic acids is 1. The lowest BCUT2D eigenvalue weighted by Crippen LogP contribution is -2.34. The van der Waals surface area contributed by atoms with Gasteiger partial charge in [-0.2, -0.15) is 8.42 Å². The Kier molecular flexibility index (Phi) is 21.9. The third-order valence-electron chi connectivity index (χ3n) is 5.69. The van der Waals surface area contributed by atoms with Gasteiger partial charge in [-0.15, -0.1) is 0 Å². The number of ether oxygens (including phenoxy) is 2. The van der Waals surface area contributed by atoms with Crippen molar-refractivity contribution < 1.29 is 41.9 Å². The summed E-state index contributed by atoms with van der Waals surface area (Å²) in [6, 6.07) is 0. The topological polar surface area (TPSA) is 156 Å². The average Bonchev–Trinajstić information content (AvgIpc) is 2.83. The molecule has 1 unspecified atom stereocenters. The zero-order chi connectivity index (χ0) is 27.8. The van der Waals surface area contributed by atoms with Crippen molar-refractivity contribution in [3.05, 3.63) is 12.2 Å². The Labute approximate surface area is 222 Å². The van der Waals surface area contributed by atoms with Gasteiger partial charge in [0.1, 0.15) is 6.61 Å². The Morgan fingerprint density at radius 3 is 1.97 bits per heavy atom. The van der Waals surface area contributed by atoms with Crippen molar-refractivity contribution in [3.8, 4) is 0 Å². The minimum absolute atomic E-state index is 0.0580. The minimum atomic E-state index is -4.89. The lowest BCUT2D eigenvalue weighted by molar-refractivity contribution is -0.148. The van der Waals surface area contributed by atoms with Crippen molar-refractivity contribution in [1.82, 2.24) is 5.32 Å². The van der Waals surface area contributed by atoms with Gasteiger partial charge in [0.2, 0.25) is 5.91 Å². The molecule has 0 aliphatic rings. The van der Waals surface area contributed by atoms with E-state index in [-0.39, 0.29) is 32.3 Å². The maximum Gasteiger partial charge on any atom is 0.327 e. The highest BCUT2D eigenvalue weighted by Gasteiger charge is 2.34. The summed E-state index contributed by atoms with van der Waals surface area (Å²) in [7, 11) is -4.89. The van der Waals surface area contributed by atoms with Gasteiger partial charge in [-0.25, -0.2) is 0 Å². The summed E-state index contributed by atoms with van der Waals surface area (Å²) in [5.41, 5.74) is 0. The van der Waals surface area contributed by atoms with Gasteiger partial charge in [0.25, 0.3) is 10.1 Å². The number of rotatable bonds is 25. The smallest absolute Gasteiger partial charge is 0.327 e.